The lowest BCUT2D eigenvalue weighted by molar-refractivity contribution is -0.117. The average molecular weight is 236 g/mol. The molecule has 4 heteroatoms. The summed E-state index contributed by atoms with van der Waals surface area (Å²) in [5.74, 6) is -0.519. The number of likely N-dealkylation sites (tertiary alicyclic amines) is 1. The lowest BCUT2D eigenvalue weighted by Gasteiger charge is -2.14. The molecule has 0 unspecified atom stereocenters. The Balaban J connectivity index is 1.93. The van der Waals surface area contributed by atoms with Crippen LogP contribution >= 0.6 is 0 Å². The van der Waals surface area contributed by atoms with Crippen molar-refractivity contribution in [1.82, 2.24) is 4.90 Å². The molecule has 2 rings (SSSR count). The first kappa shape index (κ1) is 12.0. The van der Waals surface area contributed by atoms with Gasteiger partial charge in [0.05, 0.1) is 12.2 Å². The van der Waals surface area contributed by atoms with E-state index < -0.39 is 0 Å². The number of carbonyl (C=O) groups excluding carboxylic acids is 1. The smallest absolute Gasteiger partial charge is 0.238 e. The van der Waals surface area contributed by atoms with Crippen molar-refractivity contribution >= 4 is 11.6 Å². The van der Waals surface area contributed by atoms with Crippen molar-refractivity contribution in [1.29, 1.82) is 0 Å². The maximum Gasteiger partial charge on any atom is 0.238 e. The molecule has 3 nitrogen and oxygen atoms in total. The van der Waals surface area contributed by atoms with Crippen LogP contribution in [0.2, 0.25) is 0 Å². The zero-order valence-corrected chi connectivity index (χ0v) is 10.0. The van der Waals surface area contributed by atoms with Gasteiger partial charge < -0.3 is 5.32 Å². The van der Waals surface area contributed by atoms with Crippen LogP contribution in [0.4, 0.5) is 10.1 Å². The minimum Gasteiger partial charge on any atom is -0.322 e. The van der Waals surface area contributed by atoms with Crippen LogP contribution in [0.5, 0.6) is 0 Å². The molecule has 1 amide bonds. The number of halogens is 1. The van der Waals surface area contributed by atoms with Crippen molar-refractivity contribution < 1.29 is 9.18 Å². The number of hydrogen-bond acceptors (Lipinski definition) is 2. The highest BCUT2D eigenvalue weighted by Crippen LogP contribution is 2.15. The molecule has 0 aliphatic carbocycles. The Morgan fingerprint density at radius 1 is 1.41 bits per heavy atom. The second-order valence-electron chi connectivity index (χ2n) is 4.51. The van der Waals surface area contributed by atoms with Crippen LogP contribution in [0, 0.1) is 12.7 Å². The molecule has 1 aliphatic heterocycles. The summed E-state index contributed by atoms with van der Waals surface area (Å²) in [4.78, 5) is 13.8. The fraction of sp³-hybridized carbons (Fsp3) is 0.462. The summed E-state index contributed by atoms with van der Waals surface area (Å²) >= 11 is 0. The van der Waals surface area contributed by atoms with E-state index in [0.29, 0.717) is 6.54 Å². The Bertz CT molecular complexity index is 414. The topological polar surface area (TPSA) is 32.3 Å². The lowest BCUT2D eigenvalue weighted by Crippen LogP contribution is -2.31. The molecule has 0 aromatic heterocycles. The number of aryl methyl sites for hydroxylation is 1. The number of nitrogens with one attached hydrogen (secondary N) is 1. The van der Waals surface area contributed by atoms with Crippen molar-refractivity contribution in [2.75, 3.05) is 25.0 Å². The number of rotatable bonds is 3. The van der Waals surface area contributed by atoms with Crippen LogP contribution < -0.4 is 5.32 Å². The van der Waals surface area contributed by atoms with Crippen molar-refractivity contribution in [3.63, 3.8) is 0 Å². The molecule has 1 aromatic carbocycles. The molecule has 1 aromatic rings. The Morgan fingerprint density at radius 3 is 2.76 bits per heavy atom. The molecule has 0 atom stereocenters. The summed E-state index contributed by atoms with van der Waals surface area (Å²) in [6.45, 7) is 4.10. The Morgan fingerprint density at radius 2 is 2.12 bits per heavy atom. The van der Waals surface area contributed by atoms with E-state index in [2.05, 4.69) is 10.2 Å². The van der Waals surface area contributed by atoms with Crippen LogP contribution in [0.15, 0.2) is 18.2 Å². The number of hydrogen-bond donors (Lipinski definition) is 1. The maximum atomic E-state index is 13.5. The molecule has 1 heterocycles. The summed E-state index contributed by atoms with van der Waals surface area (Å²) in [6.07, 6.45) is 2.29. The van der Waals surface area contributed by atoms with Crippen molar-refractivity contribution in [2.24, 2.45) is 0 Å². The van der Waals surface area contributed by atoms with Gasteiger partial charge in [-0.3, -0.25) is 9.69 Å². The second kappa shape index (κ2) is 5.27. The van der Waals surface area contributed by atoms with Crippen LogP contribution in [-0.4, -0.2) is 30.4 Å². The third kappa shape index (κ3) is 3.27. The summed E-state index contributed by atoms with van der Waals surface area (Å²) in [5, 5.41) is 2.61. The van der Waals surface area contributed by atoms with Gasteiger partial charge in [-0.05, 0) is 50.6 Å². The fourth-order valence-corrected chi connectivity index (χ4v) is 2.06. The molecule has 1 saturated heterocycles. The zero-order valence-electron chi connectivity index (χ0n) is 10.0. The first-order chi connectivity index (χ1) is 8.15. The highest BCUT2D eigenvalue weighted by atomic mass is 19.1. The lowest BCUT2D eigenvalue weighted by atomic mass is 10.2. The molecule has 1 N–H and O–H groups in total. The molecule has 0 saturated carbocycles. The van der Waals surface area contributed by atoms with E-state index in [0.717, 1.165) is 31.5 Å². The van der Waals surface area contributed by atoms with Crippen LogP contribution in [0.1, 0.15) is 18.4 Å². The first-order valence-corrected chi connectivity index (χ1v) is 5.93. The molecule has 1 aliphatic rings. The predicted octanol–water partition coefficient (Wildman–Crippen LogP) is 2.17. The zero-order chi connectivity index (χ0) is 12.3. The molecule has 0 radical (unpaired) electrons. The molecular weight excluding hydrogens is 219 g/mol. The van der Waals surface area contributed by atoms with Gasteiger partial charge in [0.25, 0.3) is 0 Å². The summed E-state index contributed by atoms with van der Waals surface area (Å²) in [7, 11) is 0. The normalized spacial score (nSPS) is 16.1. The van der Waals surface area contributed by atoms with E-state index in [1.165, 1.54) is 6.07 Å². The molecular formula is C13H17FN2O. The quantitative estimate of drug-likeness (QED) is 0.872. The van der Waals surface area contributed by atoms with E-state index in [1.54, 1.807) is 12.1 Å². The molecule has 17 heavy (non-hydrogen) atoms. The monoisotopic (exact) mass is 236 g/mol. The van der Waals surface area contributed by atoms with E-state index >= 15 is 0 Å². The SMILES string of the molecule is Cc1ccc(NC(=O)CN2CCCC2)c(F)c1. The van der Waals surface area contributed by atoms with Crippen LogP contribution in [0.3, 0.4) is 0 Å². The molecule has 92 valence electrons. The summed E-state index contributed by atoms with van der Waals surface area (Å²) < 4.78 is 13.5. The van der Waals surface area contributed by atoms with Crippen LogP contribution in [-0.2, 0) is 4.79 Å². The first-order valence-electron chi connectivity index (χ1n) is 5.93. The summed E-state index contributed by atoms with van der Waals surface area (Å²) in [6, 6.07) is 4.81. The van der Waals surface area contributed by atoms with Crippen molar-refractivity contribution in [3.8, 4) is 0 Å². The molecule has 0 spiro atoms. The minimum atomic E-state index is -0.375. The van der Waals surface area contributed by atoms with E-state index in [9.17, 15) is 9.18 Å². The van der Waals surface area contributed by atoms with Crippen LogP contribution in [0.25, 0.3) is 0 Å². The van der Waals surface area contributed by atoms with Crippen molar-refractivity contribution in [2.45, 2.75) is 19.8 Å². The van der Waals surface area contributed by atoms with Gasteiger partial charge in [-0.1, -0.05) is 6.07 Å². The minimum absolute atomic E-state index is 0.144. The number of benzene rings is 1. The molecule has 1 fully saturated rings. The maximum absolute atomic E-state index is 13.5. The van der Waals surface area contributed by atoms with Gasteiger partial charge in [0, 0.05) is 0 Å². The number of carbonyl (C=O) groups is 1. The third-order valence-electron chi connectivity index (χ3n) is 2.96. The number of amides is 1. The van der Waals surface area contributed by atoms with Gasteiger partial charge in [-0.2, -0.15) is 0 Å². The summed E-state index contributed by atoms with van der Waals surface area (Å²) in [5.41, 5.74) is 1.11. The van der Waals surface area contributed by atoms with Gasteiger partial charge >= 0.3 is 0 Å². The average Bonchev–Trinajstić information content (AvgIpc) is 2.75. The highest BCUT2D eigenvalue weighted by Gasteiger charge is 2.15. The van der Waals surface area contributed by atoms with Gasteiger partial charge in [0.1, 0.15) is 5.82 Å². The van der Waals surface area contributed by atoms with Gasteiger partial charge in [0.15, 0.2) is 0 Å². The Kier molecular flexibility index (Phi) is 3.74. The fourth-order valence-electron chi connectivity index (χ4n) is 2.06. The van der Waals surface area contributed by atoms with Gasteiger partial charge in [0.2, 0.25) is 5.91 Å². The van der Waals surface area contributed by atoms with Gasteiger partial charge in [-0.25, -0.2) is 4.39 Å². The van der Waals surface area contributed by atoms with E-state index in [-0.39, 0.29) is 17.4 Å². The largest absolute Gasteiger partial charge is 0.322 e. The second-order valence-corrected chi connectivity index (χ2v) is 4.51. The Hall–Kier alpha value is -1.42. The third-order valence-corrected chi connectivity index (χ3v) is 2.96. The highest BCUT2D eigenvalue weighted by molar-refractivity contribution is 5.92. The van der Waals surface area contributed by atoms with Crippen molar-refractivity contribution in [3.05, 3.63) is 29.6 Å². The standard InChI is InChI=1S/C13H17FN2O/c1-10-4-5-12(11(14)8-10)15-13(17)9-16-6-2-3-7-16/h4-5,8H,2-3,6-7,9H2,1H3,(H,15,17). The van der Waals surface area contributed by atoms with Gasteiger partial charge in [-0.15, -0.1) is 0 Å². The van der Waals surface area contributed by atoms with E-state index in [4.69, 9.17) is 0 Å². The number of anilines is 1. The number of nitrogens with zero attached hydrogens (tertiary/aromatic N) is 1. The molecule has 0 bridgehead atoms. The van der Waals surface area contributed by atoms with E-state index in [1.807, 2.05) is 6.92 Å². The Labute approximate surface area is 101 Å². The predicted molar refractivity (Wildman–Crippen MR) is 65.4 cm³/mol.